The Morgan fingerprint density at radius 1 is 1.24 bits per heavy atom. The Hall–Kier alpha value is -1.64. The lowest BCUT2D eigenvalue weighted by Crippen LogP contribution is -2.56. The number of likely N-dealkylation sites (tertiary alicyclic amines) is 1. The third kappa shape index (κ3) is 4.37. The van der Waals surface area contributed by atoms with Gasteiger partial charge in [0.2, 0.25) is 5.91 Å². The van der Waals surface area contributed by atoms with Gasteiger partial charge in [0.25, 0.3) is 0 Å². The summed E-state index contributed by atoms with van der Waals surface area (Å²) in [5.74, 6) is 0.158. The van der Waals surface area contributed by atoms with Crippen molar-refractivity contribution in [2.45, 2.75) is 95.2 Å². The van der Waals surface area contributed by atoms with Crippen molar-refractivity contribution in [3.63, 3.8) is 0 Å². The molecular weight excluding hydrogens is 436 g/mol. The van der Waals surface area contributed by atoms with E-state index in [1.165, 1.54) is 5.57 Å². The van der Waals surface area contributed by atoms with E-state index in [2.05, 4.69) is 32.2 Å². The van der Waals surface area contributed by atoms with E-state index in [4.69, 9.17) is 18.9 Å². The van der Waals surface area contributed by atoms with Crippen molar-refractivity contribution < 1.29 is 28.5 Å². The van der Waals surface area contributed by atoms with Crippen molar-refractivity contribution in [1.29, 1.82) is 0 Å². The van der Waals surface area contributed by atoms with E-state index in [9.17, 15) is 9.59 Å². The van der Waals surface area contributed by atoms with Gasteiger partial charge >= 0.3 is 6.09 Å². The highest BCUT2D eigenvalue weighted by molar-refractivity contribution is 5.77. The lowest BCUT2D eigenvalue weighted by molar-refractivity contribution is -0.128. The second-order valence-electron chi connectivity index (χ2n) is 11.6. The minimum Gasteiger partial charge on any atom is -0.443 e. The fraction of sp³-hybridized carbons (Fsp3) is 0.846. The summed E-state index contributed by atoms with van der Waals surface area (Å²) in [7, 11) is 1.70. The number of amides is 2. The number of epoxide rings is 2. The van der Waals surface area contributed by atoms with E-state index in [0.29, 0.717) is 26.1 Å². The molecule has 0 bridgehead atoms. The van der Waals surface area contributed by atoms with Crippen LogP contribution in [-0.2, 0) is 23.7 Å². The Labute approximate surface area is 202 Å². The normalized spacial score (nSPS) is 40.6. The molecule has 4 saturated heterocycles. The van der Waals surface area contributed by atoms with Crippen molar-refractivity contribution in [2.75, 3.05) is 33.4 Å². The van der Waals surface area contributed by atoms with Crippen LogP contribution in [0.5, 0.6) is 0 Å². The van der Waals surface area contributed by atoms with Gasteiger partial charge in [-0.3, -0.25) is 4.79 Å². The van der Waals surface area contributed by atoms with Crippen LogP contribution in [0.15, 0.2) is 11.6 Å². The van der Waals surface area contributed by atoms with Gasteiger partial charge in [-0.2, -0.15) is 0 Å². The van der Waals surface area contributed by atoms with Crippen LogP contribution in [0, 0.1) is 11.3 Å². The molecule has 8 nitrogen and oxygen atoms in total. The van der Waals surface area contributed by atoms with Crippen LogP contribution in [0.3, 0.4) is 0 Å². The van der Waals surface area contributed by atoms with Crippen LogP contribution in [-0.4, -0.2) is 79.8 Å². The Balaban J connectivity index is 1.23. The van der Waals surface area contributed by atoms with Gasteiger partial charge in [0.1, 0.15) is 23.4 Å². The zero-order valence-electron chi connectivity index (χ0n) is 21.1. The third-order valence-corrected chi connectivity index (χ3v) is 9.08. The standard InChI is InChI=1S/C26H40N2O6/c1-17(2)5-6-19-24(3,34-19)22-21(31-4)18(7-8-26(22)16-32-26)33-23(30)28-13-10-25(11-14-28)9-12-27-20(29)15-25/h5,18-19,21-22H,6-16H2,1-4H3,(H,27,29)/t18?,19-,21?,22?,24+,26?/m1/s1. The first-order valence-electron chi connectivity index (χ1n) is 12.9. The molecule has 0 aromatic rings. The van der Waals surface area contributed by atoms with Crippen LogP contribution < -0.4 is 5.32 Å². The van der Waals surface area contributed by atoms with Gasteiger partial charge in [0.05, 0.1) is 18.6 Å². The first kappa shape index (κ1) is 24.1. The number of ether oxygens (including phenoxy) is 4. The second-order valence-corrected chi connectivity index (χ2v) is 11.6. The van der Waals surface area contributed by atoms with Crippen LogP contribution in [0.4, 0.5) is 4.79 Å². The molecule has 1 N–H and O–H groups in total. The molecule has 34 heavy (non-hydrogen) atoms. The van der Waals surface area contributed by atoms with E-state index in [0.717, 1.165) is 45.1 Å². The molecule has 1 saturated carbocycles. The molecule has 5 rings (SSSR count). The fourth-order valence-electron chi connectivity index (χ4n) is 6.82. The Bertz CT molecular complexity index is 842. The second kappa shape index (κ2) is 8.79. The highest BCUT2D eigenvalue weighted by atomic mass is 16.6. The summed E-state index contributed by atoms with van der Waals surface area (Å²) < 4.78 is 24.4. The number of nitrogens with one attached hydrogen (secondary N) is 1. The lowest BCUT2D eigenvalue weighted by Gasteiger charge is -2.45. The molecule has 2 amide bonds. The highest BCUT2D eigenvalue weighted by Gasteiger charge is 2.72. The molecule has 5 aliphatic rings. The number of rotatable bonds is 5. The highest BCUT2D eigenvalue weighted by Crippen LogP contribution is 2.59. The van der Waals surface area contributed by atoms with Gasteiger partial charge in [-0.15, -0.1) is 0 Å². The van der Waals surface area contributed by atoms with Crippen LogP contribution in [0.1, 0.15) is 65.7 Å². The van der Waals surface area contributed by atoms with Crippen molar-refractivity contribution in [3.8, 4) is 0 Å². The molecule has 4 unspecified atom stereocenters. The average molecular weight is 477 g/mol. The van der Waals surface area contributed by atoms with Crippen LogP contribution in [0.2, 0.25) is 0 Å². The van der Waals surface area contributed by atoms with Crippen molar-refractivity contribution >= 4 is 12.0 Å². The zero-order chi connectivity index (χ0) is 24.1. The average Bonchev–Trinajstić information content (AvgIpc) is 3.71. The quantitative estimate of drug-likeness (QED) is 0.484. The number of piperidine rings is 2. The molecule has 0 radical (unpaired) electrons. The summed E-state index contributed by atoms with van der Waals surface area (Å²) in [5, 5.41) is 2.92. The number of methoxy groups -OCH3 is 1. The van der Waals surface area contributed by atoms with E-state index < -0.39 is 0 Å². The predicted octanol–water partition coefficient (Wildman–Crippen LogP) is 3.19. The maximum Gasteiger partial charge on any atom is 0.410 e. The van der Waals surface area contributed by atoms with Gasteiger partial charge in [-0.1, -0.05) is 11.6 Å². The van der Waals surface area contributed by atoms with Gasteiger partial charge < -0.3 is 29.2 Å². The Morgan fingerprint density at radius 2 is 1.97 bits per heavy atom. The minimum atomic E-state index is -0.340. The van der Waals surface area contributed by atoms with Gasteiger partial charge in [0.15, 0.2) is 0 Å². The monoisotopic (exact) mass is 476 g/mol. The minimum absolute atomic E-state index is 0.0255. The van der Waals surface area contributed by atoms with Crippen molar-refractivity contribution in [2.24, 2.45) is 11.3 Å². The lowest BCUT2D eigenvalue weighted by atomic mass is 9.68. The van der Waals surface area contributed by atoms with E-state index in [-0.39, 0.29) is 52.8 Å². The van der Waals surface area contributed by atoms with Crippen molar-refractivity contribution in [3.05, 3.63) is 11.6 Å². The summed E-state index contributed by atoms with van der Waals surface area (Å²) in [6.07, 6.45) is 7.22. The molecule has 0 aromatic heterocycles. The number of hydrogen-bond acceptors (Lipinski definition) is 6. The molecule has 4 aliphatic heterocycles. The van der Waals surface area contributed by atoms with Gasteiger partial charge in [0, 0.05) is 33.2 Å². The molecule has 5 fully saturated rings. The van der Waals surface area contributed by atoms with Crippen molar-refractivity contribution in [1.82, 2.24) is 10.2 Å². The first-order chi connectivity index (χ1) is 16.2. The van der Waals surface area contributed by atoms with Crippen LogP contribution >= 0.6 is 0 Å². The predicted molar refractivity (Wildman–Crippen MR) is 125 cm³/mol. The summed E-state index contributed by atoms with van der Waals surface area (Å²) in [6, 6.07) is 0. The first-order valence-corrected chi connectivity index (χ1v) is 12.9. The number of nitrogens with zero attached hydrogens (tertiary/aromatic N) is 1. The summed E-state index contributed by atoms with van der Waals surface area (Å²) in [5.41, 5.74) is 0.758. The molecule has 190 valence electrons. The largest absolute Gasteiger partial charge is 0.443 e. The summed E-state index contributed by atoms with van der Waals surface area (Å²) in [6.45, 7) is 9.09. The molecule has 8 heteroatoms. The number of carbonyl (C=O) groups excluding carboxylic acids is 2. The molecule has 0 aromatic carbocycles. The SMILES string of the molecule is COC1C(OC(=O)N2CCC3(CCNC(=O)C3)CC2)CCC2(CO2)C1[C@@]1(C)O[C@@H]1CC=C(C)C. The maximum absolute atomic E-state index is 13.2. The van der Waals surface area contributed by atoms with E-state index in [1.807, 2.05) is 4.90 Å². The smallest absolute Gasteiger partial charge is 0.410 e. The Morgan fingerprint density at radius 3 is 2.59 bits per heavy atom. The third-order valence-electron chi connectivity index (χ3n) is 9.08. The molecule has 6 atom stereocenters. The summed E-state index contributed by atoms with van der Waals surface area (Å²) >= 11 is 0. The molecular formula is C26H40N2O6. The number of hydrogen-bond donors (Lipinski definition) is 1. The molecule has 1 aliphatic carbocycles. The van der Waals surface area contributed by atoms with E-state index >= 15 is 0 Å². The maximum atomic E-state index is 13.2. The fourth-order valence-corrected chi connectivity index (χ4v) is 6.82. The van der Waals surface area contributed by atoms with Gasteiger partial charge in [-0.25, -0.2) is 4.79 Å². The number of allylic oxidation sites excluding steroid dienone is 1. The van der Waals surface area contributed by atoms with Crippen LogP contribution in [0.25, 0.3) is 0 Å². The topological polar surface area (TPSA) is 92.9 Å². The Kier molecular flexibility index (Phi) is 6.22. The molecule has 2 spiro atoms. The zero-order valence-corrected chi connectivity index (χ0v) is 21.1. The summed E-state index contributed by atoms with van der Waals surface area (Å²) in [4.78, 5) is 26.9. The number of carbonyl (C=O) groups is 2. The van der Waals surface area contributed by atoms with Gasteiger partial charge in [-0.05, 0) is 64.7 Å². The van der Waals surface area contributed by atoms with E-state index in [1.54, 1.807) is 7.11 Å². The molecule has 4 heterocycles.